The maximum atomic E-state index is 12.7. The highest BCUT2D eigenvalue weighted by Crippen LogP contribution is 2.32. The molecule has 0 aliphatic carbocycles. The molecule has 1 amide bonds. The molecule has 3 rings (SSSR count). The van der Waals surface area contributed by atoms with Gasteiger partial charge < -0.3 is 0 Å². The van der Waals surface area contributed by atoms with Gasteiger partial charge in [-0.25, -0.2) is 12.7 Å². The zero-order chi connectivity index (χ0) is 18.2. The third kappa shape index (κ3) is 3.35. The second-order valence-electron chi connectivity index (χ2n) is 6.32. The number of hydrogen-bond acceptors (Lipinski definition) is 4. The Kier molecular flexibility index (Phi) is 4.47. The lowest BCUT2D eigenvalue weighted by Crippen LogP contribution is -2.32. The Morgan fingerprint density at radius 2 is 1.64 bits per heavy atom. The molecule has 2 aromatic carbocycles. The van der Waals surface area contributed by atoms with Gasteiger partial charge in [0.15, 0.2) is 5.78 Å². The molecule has 0 spiro atoms. The van der Waals surface area contributed by atoms with Crippen LogP contribution in [-0.2, 0) is 14.8 Å². The maximum Gasteiger partial charge on any atom is 0.266 e. The molecule has 2 aromatic rings. The van der Waals surface area contributed by atoms with Crippen LogP contribution in [0.15, 0.2) is 53.4 Å². The monoisotopic (exact) mass is 357 g/mol. The van der Waals surface area contributed by atoms with Crippen LogP contribution in [0.3, 0.4) is 0 Å². The molecular formula is C19H19NO4S. The number of nitrogens with zero attached hydrogens (tertiary/aromatic N) is 1. The number of ketones is 1. The van der Waals surface area contributed by atoms with Crippen LogP contribution in [0.1, 0.15) is 40.7 Å². The summed E-state index contributed by atoms with van der Waals surface area (Å²) in [6.45, 7) is 3.48. The second-order valence-corrected chi connectivity index (χ2v) is 8.18. The van der Waals surface area contributed by atoms with Crippen LogP contribution in [0.25, 0.3) is 0 Å². The molecule has 0 aromatic heterocycles. The number of hydrogen-bond donors (Lipinski definition) is 0. The molecule has 6 heteroatoms. The van der Waals surface area contributed by atoms with E-state index in [1.165, 1.54) is 19.1 Å². The Balaban J connectivity index is 1.84. The standard InChI is InChI=1S/C19H19NO4S/c1-13-3-9-18(10-4-13)25(23,24)20-12-17(11-19(20)22)16-7-5-15(6-8-16)14(2)21/h3-10,17H,11-12H2,1-2H3/t17-/m0/s1. The number of carbonyl (C=O) groups excluding carboxylic acids is 2. The van der Waals surface area contributed by atoms with E-state index in [4.69, 9.17) is 0 Å². The average molecular weight is 357 g/mol. The second kappa shape index (κ2) is 6.44. The summed E-state index contributed by atoms with van der Waals surface area (Å²) in [4.78, 5) is 23.8. The molecule has 0 radical (unpaired) electrons. The van der Waals surface area contributed by atoms with Crippen molar-refractivity contribution in [3.8, 4) is 0 Å². The van der Waals surface area contributed by atoms with E-state index in [2.05, 4.69) is 0 Å². The highest BCUT2D eigenvalue weighted by atomic mass is 32.2. The number of rotatable bonds is 4. The lowest BCUT2D eigenvalue weighted by atomic mass is 9.97. The van der Waals surface area contributed by atoms with Crippen LogP contribution in [0.5, 0.6) is 0 Å². The van der Waals surface area contributed by atoms with E-state index < -0.39 is 15.9 Å². The van der Waals surface area contributed by atoms with E-state index in [0.717, 1.165) is 15.4 Å². The molecule has 130 valence electrons. The fraction of sp³-hybridized carbons (Fsp3) is 0.263. The minimum absolute atomic E-state index is 0.0300. The summed E-state index contributed by atoms with van der Waals surface area (Å²) < 4.78 is 26.4. The molecule has 5 nitrogen and oxygen atoms in total. The highest BCUT2D eigenvalue weighted by Gasteiger charge is 2.38. The van der Waals surface area contributed by atoms with Gasteiger partial charge in [-0.1, -0.05) is 42.0 Å². The van der Waals surface area contributed by atoms with Crippen molar-refractivity contribution in [3.05, 3.63) is 65.2 Å². The summed E-state index contributed by atoms with van der Waals surface area (Å²) in [5, 5.41) is 0. The van der Waals surface area contributed by atoms with Gasteiger partial charge in [0.05, 0.1) is 4.90 Å². The van der Waals surface area contributed by atoms with Crippen LogP contribution in [-0.4, -0.2) is 31.0 Å². The van der Waals surface area contributed by atoms with Crippen LogP contribution in [0, 0.1) is 6.92 Å². The average Bonchev–Trinajstić information content (AvgIpc) is 2.98. The van der Waals surface area contributed by atoms with Crippen molar-refractivity contribution in [1.82, 2.24) is 4.31 Å². The van der Waals surface area contributed by atoms with Gasteiger partial charge in [0, 0.05) is 24.4 Å². The van der Waals surface area contributed by atoms with Gasteiger partial charge >= 0.3 is 0 Å². The summed E-state index contributed by atoms with van der Waals surface area (Å²) in [6.07, 6.45) is 0.143. The molecule has 1 aliphatic heterocycles. The minimum atomic E-state index is -3.84. The van der Waals surface area contributed by atoms with Crippen molar-refractivity contribution >= 4 is 21.7 Å². The fourth-order valence-electron chi connectivity index (χ4n) is 2.96. The molecule has 0 unspecified atom stereocenters. The van der Waals surface area contributed by atoms with Gasteiger partial charge in [-0.2, -0.15) is 0 Å². The van der Waals surface area contributed by atoms with E-state index in [1.807, 2.05) is 6.92 Å². The predicted octanol–water partition coefficient (Wildman–Crippen LogP) is 2.90. The van der Waals surface area contributed by atoms with Gasteiger partial charge in [-0.3, -0.25) is 9.59 Å². The lowest BCUT2D eigenvalue weighted by Gasteiger charge is -2.17. The number of sulfonamides is 1. The van der Waals surface area contributed by atoms with Crippen LogP contribution >= 0.6 is 0 Å². The fourth-order valence-corrected chi connectivity index (χ4v) is 4.42. The van der Waals surface area contributed by atoms with E-state index >= 15 is 0 Å². The smallest absolute Gasteiger partial charge is 0.266 e. The van der Waals surface area contributed by atoms with Gasteiger partial charge in [0.2, 0.25) is 5.91 Å². The van der Waals surface area contributed by atoms with Crippen LogP contribution < -0.4 is 0 Å². The van der Waals surface area contributed by atoms with E-state index in [1.54, 1.807) is 36.4 Å². The maximum absolute atomic E-state index is 12.7. The minimum Gasteiger partial charge on any atom is -0.295 e. The Morgan fingerprint density at radius 3 is 2.20 bits per heavy atom. The summed E-state index contributed by atoms with van der Waals surface area (Å²) in [6, 6.07) is 13.5. The quantitative estimate of drug-likeness (QED) is 0.789. The Labute approximate surface area is 147 Å². The van der Waals surface area contributed by atoms with Crippen molar-refractivity contribution < 1.29 is 18.0 Å². The first-order valence-electron chi connectivity index (χ1n) is 8.02. The van der Waals surface area contributed by atoms with Gasteiger partial charge in [-0.05, 0) is 31.5 Å². The molecular weight excluding hydrogens is 338 g/mol. The molecule has 0 bridgehead atoms. The summed E-state index contributed by atoms with van der Waals surface area (Å²) in [5.41, 5.74) is 2.41. The van der Waals surface area contributed by atoms with Crippen molar-refractivity contribution in [2.75, 3.05) is 6.54 Å². The van der Waals surface area contributed by atoms with Crippen molar-refractivity contribution in [3.63, 3.8) is 0 Å². The van der Waals surface area contributed by atoms with Crippen molar-refractivity contribution in [2.45, 2.75) is 31.1 Å². The van der Waals surface area contributed by atoms with Crippen LogP contribution in [0.4, 0.5) is 0 Å². The first kappa shape index (κ1) is 17.4. The summed E-state index contributed by atoms with van der Waals surface area (Å²) in [7, 11) is -3.84. The van der Waals surface area contributed by atoms with E-state index in [0.29, 0.717) is 5.56 Å². The van der Waals surface area contributed by atoms with E-state index in [-0.39, 0.29) is 29.6 Å². The number of amides is 1. The zero-order valence-corrected chi connectivity index (χ0v) is 14.9. The summed E-state index contributed by atoms with van der Waals surface area (Å²) in [5.74, 6) is -0.632. The zero-order valence-electron chi connectivity index (χ0n) is 14.1. The third-order valence-electron chi connectivity index (χ3n) is 4.48. The van der Waals surface area contributed by atoms with Gasteiger partial charge in [-0.15, -0.1) is 0 Å². The Bertz CT molecular complexity index is 915. The van der Waals surface area contributed by atoms with Crippen LogP contribution in [0.2, 0.25) is 0 Å². The molecule has 1 saturated heterocycles. The van der Waals surface area contributed by atoms with Gasteiger partial charge in [0.1, 0.15) is 0 Å². The SMILES string of the molecule is CC(=O)c1ccc([C@H]2CC(=O)N(S(=O)(=O)c3ccc(C)cc3)C2)cc1. The normalized spacial score (nSPS) is 17.8. The molecule has 0 N–H and O–H groups in total. The Morgan fingerprint density at radius 1 is 1.04 bits per heavy atom. The molecule has 1 heterocycles. The molecule has 1 fully saturated rings. The topological polar surface area (TPSA) is 71.5 Å². The largest absolute Gasteiger partial charge is 0.295 e. The van der Waals surface area contributed by atoms with Gasteiger partial charge in [0.25, 0.3) is 10.0 Å². The predicted molar refractivity (Wildman–Crippen MR) is 93.9 cm³/mol. The number of benzene rings is 2. The van der Waals surface area contributed by atoms with E-state index in [9.17, 15) is 18.0 Å². The lowest BCUT2D eigenvalue weighted by molar-refractivity contribution is -0.123. The molecule has 25 heavy (non-hydrogen) atoms. The number of Topliss-reactive ketones (excluding diaryl/α,β-unsaturated/α-hetero) is 1. The number of aryl methyl sites for hydroxylation is 1. The molecule has 0 saturated carbocycles. The Hall–Kier alpha value is -2.47. The first-order valence-corrected chi connectivity index (χ1v) is 9.46. The van der Waals surface area contributed by atoms with Crippen molar-refractivity contribution in [2.24, 2.45) is 0 Å². The molecule has 1 aliphatic rings. The highest BCUT2D eigenvalue weighted by molar-refractivity contribution is 7.89. The van der Waals surface area contributed by atoms with Crippen molar-refractivity contribution in [1.29, 1.82) is 0 Å². The number of carbonyl (C=O) groups is 2. The first-order chi connectivity index (χ1) is 11.8. The third-order valence-corrected chi connectivity index (χ3v) is 6.28. The summed E-state index contributed by atoms with van der Waals surface area (Å²) >= 11 is 0. The molecule has 1 atom stereocenters.